The summed E-state index contributed by atoms with van der Waals surface area (Å²) in [6.07, 6.45) is 3.95. The lowest BCUT2D eigenvalue weighted by molar-refractivity contribution is -0.137. The molecule has 9 heteroatoms. The number of pyridine rings is 2. The van der Waals surface area contributed by atoms with Crippen molar-refractivity contribution >= 4 is 17.4 Å². The third-order valence-electron chi connectivity index (χ3n) is 7.71. The maximum Gasteiger partial charge on any atom is 0.417 e. The molecule has 2 aliphatic heterocycles. The van der Waals surface area contributed by atoms with Crippen LogP contribution in [0.3, 0.4) is 0 Å². The van der Waals surface area contributed by atoms with Crippen molar-refractivity contribution in [3.63, 3.8) is 0 Å². The largest absolute Gasteiger partial charge is 0.417 e. The fourth-order valence-corrected chi connectivity index (χ4v) is 6.00. The van der Waals surface area contributed by atoms with Crippen molar-refractivity contribution in [1.29, 1.82) is 0 Å². The Morgan fingerprint density at radius 2 is 2.09 bits per heavy atom. The molecule has 34 heavy (non-hydrogen) atoms. The molecule has 2 N–H and O–H groups in total. The number of nitrogens with one attached hydrogen (secondary N) is 2. The summed E-state index contributed by atoms with van der Waals surface area (Å²) in [5.41, 5.74) is 2.46. The highest BCUT2D eigenvalue weighted by Gasteiger charge is 2.75. The first-order valence-electron chi connectivity index (χ1n) is 11.5. The van der Waals surface area contributed by atoms with Crippen LogP contribution in [0, 0.1) is 18.3 Å². The smallest absolute Gasteiger partial charge is 0.379 e. The molecule has 4 heterocycles. The first-order valence-corrected chi connectivity index (χ1v) is 11.5. The van der Waals surface area contributed by atoms with Crippen LogP contribution in [0.1, 0.15) is 29.7 Å². The average molecular weight is 467 g/mol. The van der Waals surface area contributed by atoms with Crippen molar-refractivity contribution < 1.29 is 18.0 Å². The minimum absolute atomic E-state index is 0.00278. The van der Waals surface area contributed by atoms with Gasteiger partial charge in [0.2, 0.25) is 0 Å². The molecule has 2 saturated carbocycles. The van der Waals surface area contributed by atoms with Crippen LogP contribution in [0.25, 0.3) is 5.70 Å². The Balaban J connectivity index is 1.26. The lowest BCUT2D eigenvalue weighted by atomic mass is 9.71. The van der Waals surface area contributed by atoms with Crippen molar-refractivity contribution in [1.82, 2.24) is 20.2 Å². The molecule has 2 aromatic heterocycles. The second-order valence-electron chi connectivity index (χ2n) is 9.66. The van der Waals surface area contributed by atoms with Gasteiger partial charge in [0.1, 0.15) is 5.82 Å². The summed E-state index contributed by atoms with van der Waals surface area (Å²) in [4.78, 5) is 24.2. The third kappa shape index (κ3) is 3.20. The highest BCUT2D eigenvalue weighted by molar-refractivity contribution is 6.04. The standard InChI is InChI=1S/C25H24F3N5O/c1-14-4-2-8-29-20(14)21-17(5-3-9-30-21)23(34)33-13-16-10-24(16)11-18(22(24)33)32-19-7-6-15(12-31-19)25(26,27)28/h2-8,12,16,18,22,30H,9-11,13H2,1H3,(H,31,32). The fraction of sp³-hybridized carbons (Fsp3) is 0.400. The van der Waals surface area contributed by atoms with Gasteiger partial charge in [-0.15, -0.1) is 0 Å². The lowest BCUT2D eigenvalue weighted by Gasteiger charge is -2.48. The van der Waals surface area contributed by atoms with E-state index in [0.29, 0.717) is 30.4 Å². The SMILES string of the molecule is Cc1cccnc1C1=C(C(=O)N2CC3CC34CC(Nc3ccc(C(F)(F)F)cn3)C24)C=CCN1. The molecule has 1 saturated heterocycles. The summed E-state index contributed by atoms with van der Waals surface area (Å²) in [5, 5.41) is 6.61. The van der Waals surface area contributed by atoms with Crippen LogP contribution in [0.15, 0.2) is 54.4 Å². The van der Waals surface area contributed by atoms with Crippen molar-refractivity contribution in [2.75, 3.05) is 18.4 Å². The molecule has 6 rings (SSSR count). The molecule has 0 aromatic carbocycles. The summed E-state index contributed by atoms with van der Waals surface area (Å²) in [6.45, 7) is 3.30. The van der Waals surface area contributed by atoms with E-state index < -0.39 is 11.7 Å². The van der Waals surface area contributed by atoms with Gasteiger partial charge in [-0.2, -0.15) is 13.2 Å². The van der Waals surface area contributed by atoms with Crippen LogP contribution in [0.2, 0.25) is 0 Å². The minimum Gasteiger partial charge on any atom is -0.379 e. The molecule has 6 nitrogen and oxygen atoms in total. The van der Waals surface area contributed by atoms with Gasteiger partial charge in [0, 0.05) is 31.5 Å². The first kappa shape index (κ1) is 21.2. The van der Waals surface area contributed by atoms with Crippen LogP contribution in [0.4, 0.5) is 19.0 Å². The highest BCUT2D eigenvalue weighted by atomic mass is 19.4. The second-order valence-corrected chi connectivity index (χ2v) is 9.66. The number of piperidine rings is 1. The van der Waals surface area contributed by atoms with Gasteiger partial charge in [0.25, 0.3) is 5.91 Å². The predicted molar refractivity (Wildman–Crippen MR) is 120 cm³/mol. The number of hydrogen-bond donors (Lipinski definition) is 2. The summed E-state index contributed by atoms with van der Waals surface area (Å²) in [6, 6.07) is 6.20. The van der Waals surface area contributed by atoms with Gasteiger partial charge in [-0.25, -0.2) is 4.98 Å². The van der Waals surface area contributed by atoms with Crippen molar-refractivity contribution in [2.45, 2.75) is 38.0 Å². The van der Waals surface area contributed by atoms with Crippen molar-refractivity contribution in [3.8, 4) is 0 Å². The molecular weight excluding hydrogens is 443 g/mol. The number of carbonyl (C=O) groups is 1. The molecule has 176 valence electrons. The van der Waals surface area contributed by atoms with E-state index >= 15 is 0 Å². The van der Waals surface area contributed by atoms with Crippen LogP contribution in [-0.2, 0) is 11.0 Å². The van der Waals surface area contributed by atoms with Gasteiger partial charge >= 0.3 is 6.18 Å². The number of amides is 1. The maximum absolute atomic E-state index is 13.8. The quantitative estimate of drug-likeness (QED) is 0.717. The number of aromatic nitrogens is 2. The molecule has 4 unspecified atom stereocenters. The zero-order valence-electron chi connectivity index (χ0n) is 18.6. The van der Waals surface area contributed by atoms with Gasteiger partial charge < -0.3 is 15.5 Å². The highest BCUT2D eigenvalue weighted by Crippen LogP contribution is 2.71. The van der Waals surface area contributed by atoms with Crippen LogP contribution in [-0.4, -0.2) is 45.9 Å². The van der Waals surface area contributed by atoms with Gasteiger partial charge in [-0.05, 0) is 60.9 Å². The van der Waals surface area contributed by atoms with E-state index in [2.05, 4.69) is 20.6 Å². The number of rotatable bonds is 4. The molecule has 3 fully saturated rings. The maximum atomic E-state index is 13.8. The number of halogens is 3. The predicted octanol–water partition coefficient (Wildman–Crippen LogP) is 3.78. The molecule has 0 bridgehead atoms. The van der Waals surface area contributed by atoms with Gasteiger partial charge in [0.15, 0.2) is 0 Å². The van der Waals surface area contributed by atoms with E-state index in [1.165, 1.54) is 6.07 Å². The van der Waals surface area contributed by atoms with Crippen molar-refractivity contribution in [3.05, 3.63) is 71.2 Å². The number of anilines is 1. The number of carbonyl (C=O) groups excluding carboxylic acids is 1. The summed E-state index contributed by atoms with van der Waals surface area (Å²) in [5.74, 6) is 0.848. The molecule has 0 radical (unpaired) electrons. The summed E-state index contributed by atoms with van der Waals surface area (Å²) in [7, 11) is 0. The van der Waals surface area contributed by atoms with E-state index in [4.69, 9.17) is 0 Å². The molecule has 4 aliphatic rings. The second kappa shape index (κ2) is 7.32. The summed E-state index contributed by atoms with van der Waals surface area (Å²) >= 11 is 0. The Morgan fingerprint density at radius 3 is 2.82 bits per heavy atom. The summed E-state index contributed by atoms with van der Waals surface area (Å²) < 4.78 is 38.6. The fourth-order valence-electron chi connectivity index (χ4n) is 6.00. The third-order valence-corrected chi connectivity index (χ3v) is 7.71. The minimum atomic E-state index is -4.42. The van der Waals surface area contributed by atoms with Gasteiger partial charge in [-0.3, -0.25) is 9.78 Å². The Labute approximate surface area is 195 Å². The normalized spacial score (nSPS) is 29.2. The van der Waals surface area contributed by atoms with Crippen LogP contribution >= 0.6 is 0 Å². The monoisotopic (exact) mass is 467 g/mol. The molecule has 2 aliphatic carbocycles. The molecule has 1 amide bonds. The lowest BCUT2D eigenvalue weighted by Crippen LogP contribution is -2.60. The van der Waals surface area contributed by atoms with E-state index in [-0.39, 0.29) is 23.4 Å². The Morgan fingerprint density at radius 1 is 1.24 bits per heavy atom. The Kier molecular flexibility index (Phi) is 4.56. The number of aryl methyl sites for hydroxylation is 1. The zero-order valence-corrected chi connectivity index (χ0v) is 18.6. The molecule has 1 spiro atoms. The van der Waals surface area contributed by atoms with E-state index in [1.807, 2.05) is 36.1 Å². The molecule has 2 aromatic rings. The zero-order chi connectivity index (χ0) is 23.7. The number of dihydropyridines is 1. The number of nitrogens with zero attached hydrogens (tertiary/aromatic N) is 3. The van der Waals surface area contributed by atoms with Crippen molar-refractivity contribution in [2.24, 2.45) is 11.3 Å². The van der Waals surface area contributed by atoms with E-state index in [0.717, 1.165) is 42.1 Å². The number of likely N-dealkylation sites (tertiary alicyclic amines) is 1. The molecular formula is C25H24F3N5O. The van der Waals surface area contributed by atoms with Crippen LogP contribution in [0.5, 0.6) is 0 Å². The van der Waals surface area contributed by atoms with E-state index in [9.17, 15) is 18.0 Å². The average Bonchev–Trinajstić information content (AvgIpc) is 3.47. The molecule has 4 atom stereocenters. The topological polar surface area (TPSA) is 70.2 Å². The van der Waals surface area contributed by atoms with Gasteiger partial charge in [0.05, 0.1) is 28.6 Å². The Hall–Kier alpha value is -3.36. The Bertz CT molecular complexity index is 1220. The van der Waals surface area contributed by atoms with Gasteiger partial charge in [-0.1, -0.05) is 12.1 Å². The first-order chi connectivity index (χ1) is 16.3. The van der Waals surface area contributed by atoms with Crippen LogP contribution < -0.4 is 10.6 Å². The van der Waals surface area contributed by atoms with E-state index in [1.54, 1.807) is 6.20 Å². The number of alkyl halides is 3. The number of hydrogen-bond acceptors (Lipinski definition) is 5.